The van der Waals surface area contributed by atoms with Crippen molar-refractivity contribution in [1.82, 2.24) is 0 Å². The maximum absolute atomic E-state index is 13.9. The molecule has 0 heterocycles. The van der Waals surface area contributed by atoms with E-state index in [1.807, 2.05) is 24.3 Å². The van der Waals surface area contributed by atoms with Crippen LogP contribution in [0.2, 0.25) is 0 Å². The smallest absolute Gasteiger partial charge is 0.131 e. The molecule has 0 amide bonds. The number of aryl methyl sites for hydroxylation is 1. The second-order valence-corrected chi connectivity index (χ2v) is 4.56. The number of nitrogens with two attached hydrogens (primary N) is 1. The van der Waals surface area contributed by atoms with E-state index in [9.17, 15) is 4.39 Å². The first-order valence-corrected chi connectivity index (χ1v) is 6.40. The van der Waals surface area contributed by atoms with Crippen LogP contribution in [0.15, 0.2) is 36.4 Å². The van der Waals surface area contributed by atoms with Crippen LogP contribution in [-0.4, -0.2) is 6.61 Å². The summed E-state index contributed by atoms with van der Waals surface area (Å²) in [6.45, 7) is 4.54. The molecule has 0 atom stereocenters. The highest BCUT2D eigenvalue weighted by Gasteiger charge is 2.08. The van der Waals surface area contributed by atoms with Crippen LogP contribution in [-0.2, 0) is 0 Å². The molecule has 0 fully saturated rings. The van der Waals surface area contributed by atoms with Gasteiger partial charge in [-0.05, 0) is 48.7 Å². The molecule has 2 aromatic carbocycles. The van der Waals surface area contributed by atoms with Crippen LogP contribution in [0, 0.1) is 12.7 Å². The summed E-state index contributed by atoms with van der Waals surface area (Å²) in [6.07, 6.45) is 0.963. The summed E-state index contributed by atoms with van der Waals surface area (Å²) >= 11 is 0. The van der Waals surface area contributed by atoms with Gasteiger partial charge in [-0.2, -0.15) is 0 Å². The zero-order valence-corrected chi connectivity index (χ0v) is 11.2. The minimum absolute atomic E-state index is 0.256. The van der Waals surface area contributed by atoms with Gasteiger partial charge in [0.2, 0.25) is 0 Å². The SMILES string of the molecule is CCCOc1ccc(-c2cc(N)c(C)cc2F)cc1. The number of anilines is 1. The van der Waals surface area contributed by atoms with Gasteiger partial charge in [0.15, 0.2) is 0 Å². The number of halogens is 1. The van der Waals surface area contributed by atoms with E-state index in [-0.39, 0.29) is 5.82 Å². The molecule has 0 bridgehead atoms. The van der Waals surface area contributed by atoms with Gasteiger partial charge < -0.3 is 10.5 Å². The molecular formula is C16H18FNO. The summed E-state index contributed by atoms with van der Waals surface area (Å²) in [5, 5.41) is 0. The Morgan fingerprint density at radius 3 is 2.47 bits per heavy atom. The zero-order valence-electron chi connectivity index (χ0n) is 11.2. The summed E-state index contributed by atoms with van der Waals surface area (Å²) in [7, 11) is 0. The Morgan fingerprint density at radius 2 is 1.84 bits per heavy atom. The number of ether oxygens (including phenoxy) is 1. The lowest BCUT2D eigenvalue weighted by Gasteiger charge is -2.09. The lowest BCUT2D eigenvalue weighted by Crippen LogP contribution is -1.95. The molecular weight excluding hydrogens is 241 g/mol. The van der Waals surface area contributed by atoms with E-state index in [2.05, 4.69) is 6.92 Å². The number of hydrogen-bond donors (Lipinski definition) is 1. The maximum atomic E-state index is 13.9. The van der Waals surface area contributed by atoms with E-state index in [4.69, 9.17) is 10.5 Å². The predicted molar refractivity (Wildman–Crippen MR) is 76.8 cm³/mol. The molecule has 0 unspecified atom stereocenters. The summed E-state index contributed by atoms with van der Waals surface area (Å²) in [5.41, 5.74) is 8.50. The Labute approximate surface area is 113 Å². The molecule has 19 heavy (non-hydrogen) atoms. The van der Waals surface area contributed by atoms with Crippen molar-refractivity contribution in [1.29, 1.82) is 0 Å². The second-order valence-electron chi connectivity index (χ2n) is 4.56. The Morgan fingerprint density at radius 1 is 1.16 bits per heavy atom. The third-order valence-corrected chi connectivity index (χ3v) is 2.99. The molecule has 0 aliphatic carbocycles. The average Bonchev–Trinajstić information content (AvgIpc) is 2.41. The highest BCUT2D eigenvalue weighted by atomic mass is 19.1. The van der Waals surface area contributed by atoms with Crippen molar-refractivity contribution < 1.29 is 9.13 Å². The molecule has 2 N–H and O–H groups in total. The van der Waals surface area contributed by atoms with E-state index in [0.29, 0.717) is 17.9 Å². The van der Waals surface area contributed by atoms with Crippen LogP contribution in [0.4, 0.5) is 10.1 Å². The molecule has 0 saturated carbocycles. The van der Waals surface area contributed by atoms with Crippen molar-refractivity contribution in [2.75, 3.05) is 12.3 Å². The highest BCUT2D eigenvalue weighted by Crippen LogP contribution is 2.28. The molecule has 2 nitrogen and oxygen atoms in total. The van der Waals surface area contributed by atoms with Gasteiger partial charge in [-0.15, -0.1) is 0 Å². The topological polar surface area (TPSA) is 35.2 Å². The first-order chi connectivity index (χ1) is 9.11. The average molecular weight is 259 g/mol. The third kappa shape index (κ3) is 3.05. The van der Waals surface area contributed by atoms with Gasteiger partial charge in [-0.1, -0.05) is 19.1 Å². The quantitative estimate of drug-likeness (QED) is 0.836. The van der Waals surface area contributed by atoms with Gasteiger partial charge in [0.25, 0.3) is 0 Å². The molecule has 0 aliphatic heterocycles. The molecule has 0 spiro atoms. The van der Waals surface area contributed by atoms with Gasteiger partial charge in [-0.25, -0.2) is 4.39 Å². The van der Waals surface area contributed by atoms with Crippen molar-refractivity contribution in [2.24, 2.45) is 0 Å². The molecule has 100 valence electrons. The molecule has 2 aromatic rings. The zero-order chi connectivity index (χ0) is 13.8. The molecule has 3 heteroatoms. The van der Waals surface area contributed by atoms with Crippen molar-refractivity contribution in [3.8, 4) is 16.9 Å². The van der Waals surface area contributed by atoms with Crippen molar-refractivity contribution in [3.63, 3.8) is 0 Å². The monoisotopic (exact) mass is 259 g/mol. The maximum Gasteiger partial charge on any atom is 0.131 e. The van der Waals surface area contributed by atoms with Crippen LogP contribution in [0.3, 0.4) is 0 Å². The van der Waals surface area contributed by atoms with Gasteiger partial charge in [-0.3, -0.25) is 0 Å². The van der Waals surface area contributed by atoms with Gasteiger partial charge in [0.05, 0.1) is 6.61 Å². The first kappa shape index (κ1) is 13.4. The van der Waals surface area contributed by atoms with Crippen LogP contribution in [0.1, 0.15) is 18.9 Å². The van der Waals surface area contributed by atoms with Crippen LogP contribution in [0.5, 0.6) is 5.75 Å². The Kier molecular flexibility index (Phi) is 4.05. The third-order valence-electron chi connectivity index (χ3n) is 2.99. The second kappa shape index (κ2) is 5.74. The summed E-state index contributed by atoms with van der Waals surface area (Å²) in [6, 6.07) is 10.5. The first-order valence-electron chi connectivity index (χ1n) is 6.40. The van der Waals surface area contributed by atoms with Gasteiger partial charge in [0, 0.05) is 11.3 Å². The van der Waals surface area contributed by atoms with Crippen molar-refractivity contribution in [2.45, 2.75) is 20.3 Å². The summed E-state index contributed by atoms with van der Waals surface area (Å²) in [4.78, 5) is 0. The fraction of sp³-hybridized carbons (Fsp3) is 0.250. The lowest BCUT2D eigenvalue weighted by molar-refractivity contribution is 0.317. The van der Waals surface area contributed by atoms with Gasteiger partial charge in [0.1, 0.15) is 11.6 Å². The summed E-state index contributed by atoms with van der Waals surface area (Å²) in [5.74, 6) is 0.542. The molecule has 0 aliphatic rings. The molecule has 2 rings (SSSR count). The van der Waals surface area contributed by atoms with Crippen LogP contribution in [0.25, 0.3) is 11.1 Å². The number of nitrogen functional groups attached to an aromatic ring is 1. The van der Waals surface area contributed by atoms with E-state index >= 15 is 0 Å². The largest absolute Gasteiger partial charge is 0.494 e. The molecule has 0 aromatic heterocycles. The molecule has 0 saturated heterocycles. The van der Waals surface area contributed by atoms with E-state index in [0.717, 1.165) is 23.3 Å². The van der Waals surface area contributed by atoms with Gasteiger partial charge >= 0.3 is 0 Å². The Bertz CT molecular complexity index is 564. The van der Waals surface area contributed by atoms with Crippen LogP contribution < -0.4 is 10.5 Å². The lowest BCUT2D eigenvalue weighted by atomic mass is 10.0. The standard InChI is InChI=1S/C16H18FNO/c1-3-8-19-13-6-4-12(5-7-13)14-10-16(18)11(2)9-15(14)17/h4-7,9-10H,3,8,18H2,1-2H3. The minimum atomic E-state index is -0.256. The minimum Gasteiger partial charge on any atom is -0.494 e. The van der Waals surface area contributed by atoms with E-state index in [1.165, 1.54) is 6.07 Å². The molecule has 0 radical (unpaired) electrons. The van der Waals surface area contributed by atoms with E-state index in [1.54, 1.807) is 13.0 Å². The predicted octanol–water partition coefficient (Wildman–Crippen LogP) is 4.17. The highest BCUT2D eigenvalue weighted by molar-refractivity contribution is 5.70. The van der Waals surface area contributed by atoms with Crippen molar-refractivity contribution in [3.05, 3.63) is 47.8 Å². The number of benzene rings is 2. The summed E-state index contributed by atoms with van der Waals surface area (Å²) < 4.78 is 19.4. The Hall–Kier alpha value is -2.03. The van der Waals surface area contributed by atoms with Crippen molar-refractivity contribution >= 4 is 5.69 Å². The normalized spacial score (nSPS) is 10.5. The fourth-order valence-corrected chi connectivity index (χ4v) is 1.86. The van der Waals surface area contributed by atoms with Crippen LogP contribution >= 0.6 is 0 Å². The Balaban J connectivity index is 2.29. The fourth-order valence-electron chi connectivity index (χ4n) is 1.86. The number of hydrogen-bond acceptors (Lipinski definition) is 2. The number of rotatable bonds is 4. The van der Waals surface area contributed by atoms with E-state index < -0.39 is 0 Å².